The van der Waals surface area contributed by atoms with E-state index in [1.807, 2.05) is 18.2 Å². The average Bonchev–Trinajstić information content (AvgIpc) is 2.64. The molecule has 0 saturated carbocycles. The molecule has 0 fully saturated rings. The van der Waals surface area contributed by atoms with Crippen LogP contribution >= 0.6 is 0 Å². The lowest BCUT2D eigenvalue weighted by Crippen LogP contribution is -2.24. The minimum atomic E-state index is -0.220. The maximum atomic E-state index is 11.8. The van der Waals surface area contributed by atoms with Crippen LogP contribution in [0.25, 0.3) is 0 Å². The summed E-state index contributed by atoms with van der Waals surface area (Å²) < 4.78 is 5.16. The molecule has 0 bridgehead atoms. The molecule has 1 unspecified atom stereocenters. The Hall–Kier alpha value is -2.04. The lowest BCUT2D eigenvalue weighted by molar-refractivity contribution is -0.120. The van der Waals surface area contributed by atoms with Gasteiger partial charge in [-0.1, -0.05) is 0 Å². The predicted octanol–water partition coefficient (Wildman–Crippen LogP) is 1.26. The molecule has 5 heteroatoms. The molecule has 1 aromatic rings. The summed E-state index contributed by atoms with van der Waals surface area (Å²) >= 11 is 0. The zero-order valence-corrected chi connectivity index (χ0v) is 10.4. The monoisotopic (exact) mass is 248 g/mol. The molecule has 1 atom stereocenters. The Morgan fingerprint density at radius 2 is 2.28 bits per heavy atom. The third-order valence-electron chi connectivity index (χ3n) is 3.02. The number of fused-ring (bicyclic) bond motifs is 1. The molecule has 1 aliphatic heterocycles. The Morgan fingerprint density at radius 1 is 1.50 bits per heavy atom. The normalized spacial score (nSPS) is 17.0. The Morgan fingerprint density at radius 3 is 2.94 bits per heavy atom. The molecule has 2 N–H and O–H groups in total. The SMILES string of the molecule is COc1ccc2c(c1)C(CCNC(C)=O)C(=O)N2. The number of carbonyl (C=O) groups excluding carboxylic acids is 2. The summed E-state index contributed by atoms with van der Waals surface area (Å²) in [6.07, 6.45) is 0.589. The highest BCUT2D eigenvalue weighted by Crippen LogP contribution is 2.36. The van der Waals surface area contributed by atoms with Crippen LogP contribution in [0.2, 0.25) is 0 Å². The van der Waals surface area contributed by atoms with Gasteiger partial charge in [0.05, 0.1) is 13.0 Å². The highest BCUT2D eigenvalue weighted by Gasteiger charge is 2.30. The Labute approximate surface area is 106 Å². The smallest absolute Gasteiger partial charge is 0.232 e. The number of carbonyl (C=O) groups is 2. The largest absolute Gasteiger partial charge is 0.497 e. The highest BCUT2D eigenvalue weighted by atomic mass is 16.5. The van der Waals surface area contributed by atoms with Gasteiger partial charge in [-0.25, -0.2) is 0 Å². The van der Waals surface area contributed by atoms with Gasteiger partial charge in [-0.15, -0.1) is 0 Å². The van der Waals surface area contributed by atoms with Crippen LogP contribution in [0.1, 0.15) is 24.8 Å². The summed E-state index contributed by atoms with van der Waals surface area (Å²) in [7, 11) is 1.60. The molecule has 0 saturated heterocycles. The maximum absolute atomic E-state index is 11.8. The number of methoxy groups -OCH3 is 1. The van der Waals surface area contributed by atoms with E-state index in [2.05, 4.69) is 10.6 Å². The average molecular weight is 248 g/mol. The maximum Gasteiger partial charge on any atom is 0.232 e. The lowest BCUT2D eigenvalue weighted by Gasteiger charge is -2.10. The van der Waals surface area contributed by atoms with E-state index >= 15 is 0 Å². The fourth-order valence-electron chi connectivity index (χ4n) is 2.11. The summed E-state index contributed by atoms with van der Waals surface area (Å²) in [4.78, 5) is 22.7. The first-order valence-corrected chi connectivity index (χ1v) is 5.85. The van der Waals surface area contributed by atoms with Crippen LogP contribution in [-0.2, 0) is 9.59 Å². The first-order valence-electron chi connectivity index (χ1n) is 5.85. The van der Waals surface area contributed by atoms with Crippen LogP contribution in [0.3, 0.4) is 0 Å². The van der Waals surface area contributed by atoms with Crippen LogP contribution in [0.5, 0.6) is 5.75 Å². The third-order valence-corrected chi connectivity index (χ3v) is 3.02. The second kappa shape index (κ2) is 5.08. The van der Waals surface area contributed by atoms with Gasteiger partial charge in [0.2, 0.25) is 11.8 Å². The van der Waals surface area contributed by atoms with Crippen molar-refractivity contribution in [1.29, 1.82) is 0 Å². The van der Waals surface area contributed by atoms with Crippen LogP contribution in [-0.4, -0.2) is 25.5 Å². The van der Waals surface area contributed by atoms with Crippen molar-refractivity contribution in [3.8, 4) is 5.75 Å². The topological polar surface area (TPSA) is 67.4 Å². The molecular formula is C13H16N2O3. The first kappa shape index (κ1) is 12.4. The van der Waals surface area contributed by atoms with E-state index in [-0.39, 0.29) is 17.7 Å². The fraction of sp³-hybridized carbons (Fsp3) is 0.385. The number of nitrogens with one attached hydrogen (secondary N) is 2. The van der Waals surface area contributed by atoms with E-state index < -0.39 is 0 Å². The third kappa shape index (κ3) is 2.45. The molecular weight excluding hydrogens is 232 g/mol. The van der Waals surface area contributed by atoms with Gasteiger partial charge in [-0.3, -0.25) is 9.59 Å². The predicted molar refractivity (Wildman–Crippen MR) is 67.7 cm³/mol. The van der Waals surface area contributed by atoms with Crippen LogP contribution in [0.4, 0.5) is 5.69 Å². The van der Waals surface area contributed by atoms with Crippen molar-refractivity contribution in [2.75, 3.05) is 19.0 Å². The highest BCUT2D eigenvalue weighted by molar-refractivity contribution is 6.03. The van der Waals surface area contributed by atoms with E-state index in [1.54, 1.807) is 7.11 Å². The molecule has 2 rings (SSSR count). The summed E-state index contributed by atoms with van der Waals surface area (Å²) in [6, 6.07) is 5.52. The van der Waals surface area contributed by atoms with Gasteiger partial charge in [-0.2, -0.15) is 0 Å². The first-order chi connectivity index (χ1) is 8.61. The van der Waals surface area contributed by atoms with E-state index in [0.717, 1.165) is 17.0 Å². The zero-order valence-electron chi connectivity index (χ0n) is 10.4. The Balaban J connectivity index is 2.13. The second-order valence-electron chi connectivity index (χ2n) is 4.27. The minimum absolute atomic E-state index is 0.0244. The van der Waals surface area contributed by atoms with Crippen LogP contribution < -0.4 is 15.4 Å². The number of hydrogen-bond acceptors (Lipinski definition) is 3. The molecule has 0 radical (unpaired) electrons. The van der Waals surface area contributed by atoms with Gasteiger partial charge >= 0.3 is 0 Å². The second-order valence-corrected chi connectivity index (χ2v) is 4.27. The number of amides is 2. The van der Waals surface area contributed by atoms with Crippen molar-refractivity contribution in [2.24, 2.45) is 0 Å². The van der Waals surface area contributed by atoms with Gasteiger partial charge in [0.1, 0.15) is 5.75 Å². The van der Waals surface area contributed by atoms with Gasteiger partial charge in [0.25, 0.3) is 0 Å². The van der Waals surface area contributed by atoms with Crippen molar-refractivity contribution in [3.63, 3.8) is 0 Å². The molecule has 0 spiro atoms. The Bertz CT molecular complexity index is 485. The zero-order chi connectivity index (χ0) is 13.1. The summed E-state index contributed by atoms with van der Waals surface area (Å²) in [5.41, 5.74) is 1.76. The number of benzene rings is 1. The summed E-state index contributed by atoms with van der Waals surface area (Å²) in [5.74, 6) is 0.402. The van der Waals surface area contributed by atoms with Crippen molar-refractivity contribution < 1.29 is 14.3 Å². The van der Waals surface area contributed by atoms with Crippen LogP contribution in [0.15, 0.2) is 18.2 Å². The quantitative estimate of drug-likeness (QED) is 0.842. The lowest BCUT2D eigenvalue weighted by atomic mass is 9.97. The van der Waals surface area contributed by atoms with Gasteiger partial charge in [-0.05, 0) is 30.2 Å². The standard InChI is InChI=1S/C13H16N2O3/c1-8(16)14-6-5-10-11-7-9(18-2)3-4-12(11)15-13(10)17/h3-4,7,10H,5-6H2,1-2H3,(H,14,16)(H,15,17). The number of ether oxygens (including phenoxy) is 1. The molecule has 5 nitrogen and oxygen atoms in total. The van der Waals surface area contributed by atoms with E-state index in [0.29, 0.717) is 13.0 Å². The number of rotatable bonds is 4. The molecule has 18 heavy (non-hydrogen) atoms. The molecule has 0 aliphatic carbocycles. The van der Waals surface area contributed by atoms with Crippen molar-refractivity contribution in [2.45, 2.75) is 19.3 Å². The molecule has 1 aliphatic rings. The van der Waals surface area contributed by atoms with Crippen molar-refractivity contribution in [3.05, 3.63) is 23.8 Å². The molecule has 1 aromatic carbocycles. The number of anilines is 1. The van der Waals surface area contributed by atoms with E-state index in [1.165, 1.54) is 6.92 Å². The molecule has 1 heterocycles. The molecule has 2 amide bonds. The van der Waals surface area contributed by atoms with Gasteiger partial charge in [0.15, 0.2) is 0 Å². The van der Waals surface area contributed by atoms with Gasteiger partial charge in [0, 0.05) is 19.2 Å². The van der Waals surface area contributed by atoms with E-state index in [4.69, 9.17) is 4.74 Å². The van der Waals surface area contributed by atoms with Crippen molar-refractivity contribution >= 4 is 17.5 Å². The van der Waals surface area contributed by atoms with E-state index in [9.17, 15) is 9.59 Å². The van der Waals surface area contributed by atoms with Crippen LogP contribution in [0, 0.1) is 0 Å². The number of hydrogen-bond donors (Lipinski definition) is 2. The fourth-order valence-corrected chi connectivity index (χ4v) is 2.11. The van der Waals surface area contributed by atoms with Crippen molar-refractivity contribution in [1.82, 2.24) is 5.32 Å². The molecule has 96 valence electrons. The summed E-state index contributed by atoms with van der Waals surface area (Å²) in [5, 5.41) is 5.53. The minimum Gasteiger partial charge on any atom is -0.497 e. The molecule has 0 aromatic heterocycles. The Kier molecular flexibility index (Phi) is 3.50. The van der Waals surface area contributed by atoms with Gasteiger partial charge < -0.3 is 15.4 Å². The summed E-state index contributed by atoms with van der Waals surface area (Å²) in [6.45, 7) is 1.95.